The van der Waals surface area contributed by atoms with Gasteiger partial charge in [-0.15, -0.1) is 11.3 Å². The van der Waals surface area contributed by atoms with E-state index in [9.17, 15) is 9.59 Å². The van der Waals surface area contributed by atoms with Gasteiger partial charge in [-0.05, 0) is 69.0 Å². The highest BCUT2D eigenvalue weighted by molar-refractivity contribution is 7.15. The number of nitrogens with one attached hydrogen (secondary N) is 1. The summed E-state index contributed by atoms with van der Waals surface area (Å²) >= 11 is 7.30. The predicted molar refractivity (Wildman–Crippen MR) is 135 cm³/mol. The van der Waals surface area contributed by atoms with Crippen molar-refractivity contribution in [3.8, 4) is 16.9 Å². The lowest BCUT2D eigenvalue weighted by atomic mass is 9.97. The molecule has 0 radical (unpaired) electrons. The first-order valence-electron chi connectivity index (χ1n) is 10.8. The summed E-state index contributed by atoms with van der Waals surface area (Å²) < 4.78 is 11.0. The second-order valence-corrected chi connectivity index (χ2v) is 9.12. The average Bonchev–Trinajstić information content (AvgIpc) is 3.15. The Morgan fingerprint density at radius 3 is 2.52 bits per heavy atom. The van der Waals surface area contributed by atoms with E-state index in [4.69, 9.17) is 21.1 Å². The molecular formula is C26H28ClNO4S. The van der Waals surface area contributed by atoms with Crippen LogP contribution in [-0.2, 0) is 9.53 Å². The second-order valence-electron chi connectivity index (χ2n) is 7.80. The maximum absolute atomic E-state index is 12.8. The fourth-order valence-corrected chi connectivity index (χ4v) is 4.74. The molecule has 0 bridgehead atoms. The minimum Gasteiger partial charge on any atom is -0.493 e. The van der Waals surface area contributed by atoms with Crippen LogP contribution in [0.1, 0.15) is 46.8 Å². The van der Waals surface area contributed by atoms with E-state index in [2.05, 4.69) is 11.4 Å². The molecule has 0 saturated carbocycles. The van der Waals surface area contributed by atoms with E-state index in [0.717, 1.165) is 33.6 Å². The third-order valence-corrected chi connectivity index (χ3v) is 6.27. The van der Waals surface area contributed by atoms with Gasteiger partial charge in [0.1, 0.15) is 16.3 Å². The number of esters is 1. The minimum atomic E-state index is -0.439. The van der Waals surface area contributed by atoms with Gasteiger partial charge in [0.15, 0.2) is 0 Å². The molecular weight excluding hydrogens is 458 g/mol. The number of carbonyl (C=O) groups is 2. The highest BCUT2D eigenvalue weighted by atomic mass is 35.5. The van der Waals surface area contributed by atoms with Crippen LogP contribution in [0.15, 0.2) is 41.8 Å². The fraction of sp³-hybridized carbons (Fsp3) is 0.308. The Morgan fingerprint density at radius 2 is 1.82 bits per heavy atom. The van der Waals surface area contributed by atoms with Gasteiger partial charge in [0.25, 0.3) is 0 Å². The number of benzene rings is 2. The van der Waals surface area contributed by atoms with Gasteiger partial charge in [0, 0.05) is 22.4 Å². The number of anilines is 1. The van der Waals surface area contributed by atoms with Crippen molar-refractivity contribution in [1.29, 1.82) is 0 Å². The molecule has 174 valence electrons. The summed E-state index contributed by atoms with van der Waals surface area (Å²) in [5.74, 6) is 0.136. The Morgan fingerprint density at radius 1 is 1.03 bits per heavy atom. The molecule has 1 aromatic heterocycles. The summed E-state index contributed by atoms with van der Waals surface area (Å²) in [5, 5.41) is 5.95. The summed E-state index contributed by atoms with van der Waals surface area (Å²) in [6.07, 6.45) is 0.809. The van der Waals surface area contributed by atoms with Crippen molar-refractivity contribution in [3.05, 3.63) is 69.1 Å². The van der Waals surface area contributed by atoms with Gasteiger partial charge in [-0.25, -0.2) is 4.79 Å². The van der Waals surface area contributed by atoms with Crippen molar-refractivity contribution in [2.75, 3.05) is 18.5 Å². The van der Waals surface area contributed by atoms with Gasteiger partial charge < -0.3 is 14.8 Å². The Kier molecular flexibility index (Phi) is 8.53. The Labute approximate surface area is 203 Å². The van der Waals surface area contributed by atoms with Crippen LogP contribution in [0, 0.1) is 20.8 Å². The molecule has 1 N–H and O–H groups in total. The summed E-state index contributed by atoms with van der Waals surface area (Å²) in [5.41, 5.74) is 5.28. The lowest BCUT2D eigenvalue weighted by Crippen LogP contribution is -2.15. The van der Waals surface area contributed by atoms with Crippen molar-refractivity contribution < 1.29 is 19.1 Å². The largest absolute Gasteiger partial charge is 0.493 e. The third kappa shape index (κ3) is 6.36. The molecule has 0 aliphatic heterocycles. The number of hydrogen-bond acceptors (Lipinski definition) is 5. The zero-order valence-electron chi connectivity index (χ0n) is 19.3. The Balaban J connectivity index is 1.68. The molecule has 0 fully saturated rings. The molecule has 1 heterocycles. The predicted octanol–water partition coefficient (Wildman–Crippen LogP) is 6.97. The molecule has 0 unspecified atom stereocenters. The Bertz CT molecular complexity index is 1160. The summed E-state index contributed by atoms with van der Waals surface area (Å²) in [6, 6.07) is 11.5. The normalized spacial score (nSPS) is 10.7. The highest BCUT2D eigenvalue weighted by Crippen LogP contribution is 2.38. The maximum atomic E-state index is 12.8. The van der Waals surface area contributed by atoms with Crippen molar-refractivity contribution in [3.63, 3.8) is 0 Å². The molecule has 3 aromatic rings. The summed E-state index contributed by atoms with van der Waals surface area (Å²) in [6.45, 7) is 8.39. The molecule has 3 rings (SSSR count). The number of ether oxygens (including phenoxy) is 2. The van der Waals surface area contributed by atoms with E-state index in [1.165, 1.54) is 11.3 Å². The van der Waals surface area contributed by atoms with Gasteiger partial charge in [-0.2, -0.15) is 0 Å². The van der Waals surface area contributed by atoms with Crippen LogP contribution in [0.25, 0.3) is 11.1 Å². The van der Waals surface area contributed by atoms with E-state index >= 15 is 0 Å². The van der Waals surface area contributed by atoms with E-state index in [1.54, 1.807) is 13.0 Å². The summed E-state index contributed by atoms with van der Waals surface area (Å²) in [7, 11) is 0. The quantitative estimate of drug-likeness (QED) is 0.262. The molecule has 0 saturated heterocycles. The molecule has 0 spiro atoms. The Hall–Kier alpha value is -2.83. The smallest absolute Gasteiger partial charge is 0.341 e. The van der Waals surface area contributed by atoms with Crippen LogP contribution in [0.2, 0.25) is 5.02 Å². The second kappa shape index (κ2) is 11.3. The first-order valence-corrected chi connectivity index (χ1v) is 12.1. The zero-order chi connectivity index (χ0) is 24.0. The van der Waals surface area contributed by atoms with Crippen molar-refractivity contribution in [1.82, 2.24) is 0 Å². The van der Waals surface area contributed by atoms with Crippen LogP contribution in [0.4, 0.5) is 5.00 Å². The lowest BCUT2D eigenvalue weighted by Gasteiger charge is -2.11. The monoisotopic (exact) mass is 485 g/mol. The lowest BCUT2D eigenvalue weighted by molar-refractivity contribution is -0.116. The van der Waals surface area contributed by atoms with E-state index in [-0.39, 0.29) is 18.9 Å². The molecule has 33 heavy (non-hydrogen) atoms. The van der Waals surface area contributed by atoms with Gasteiger partial charge in [-0.1, -0.05) is 35.4 Å². The van der Waals surface area contributed by atoms with Crippen LogP contribution in [0.5, 0.6) is 5.75 Å². The SMILES string of the molecule is CCOC(=O)c1c(-c2ccc(C)cc2C)csc1NC(=O)CCCOc1ccc(Cl)cc1C. The molecule has 0 aliphatic carbocycles. The van der Waals surface area contributed by atoms with Gasteiger partial charge in [0.05, 0.1) is 13.2 Å². The van der Waals surface area contributed by atoms with Gasteiger partial charge in [-0.3, -0.25) is 4.79 Å². The molecule has 0 aliphatic rings. The average molecular weight is 486 g/mol. The van der Waals surface area contributed by atoms with Gasteiger partial charge in [0.2, 0.25) is 5.91 Å². The van der Waals surface area contributed by atoms with Crippen LogP contribution < -0.4 is 10.1 Å². The fourth-order valence-electron chi connectivity index (χ4n) is 3.55. The molecule has 7 heteroatoms. The number of carbonyl (C=O) groups excluding carboxylic acids is 2. The molecule has 0 atom stereocenters. The standard InChI is InChI=1S/C26H28ClNO4S/c1-5-31-26(30)24-21(20-10-8-16(2)13-17(20)3)15-33-25(24)28-23(29)7-6-12-32-22-11-9-19(27)14-18(22)4/h8-11,13-15H,5-7,12H2,1-4H3,(H,28,29). The topological polar surface area (TPSA) is 64.6 Å². The minimum absolute atomic E-state index is 0.175. The van der Waals surface area contributed by atoms with Crippen LogP contribution in [-0.4, -0.2) is 25.1 Å². The molecule has 1 amide bonds. The third-order valence-electron chi connectivity index (χ3n) is 5.14. The number of amides is 1. The van der Waals surface area contributed by atoms with Crippen LogP contribution in [0.3, 0.4) is 0 Å². The number of thiophene rings is 1. The van der Waals surface area contributed by atoms with Crippen molar-refractivity contribution in [2.45, 2.75) is 40.5 Å². The first-order chi connectivity index (χ1) is 15.8. The van der Waals surface area contributed by atoms with Crippen LogP contribution >= 0.6 is 22.9 Å². The number of rotatable bonds is 9. The summed E-state index contributed by atoms with van der Waals surface area (Å²) in [4.78, 5) is 25.4. The number of hydrogen-bond donors (Lipinski definition) is 1. The number of aryl methyl sites for hydroxylation is 3. The zero-order valence-corrected chi connectivity index (χ0v) is 20.9. The van der Waals surface area contributed by atoms with E-state index in [1.807, 2.05) is 50.4 Å². The maximum Gasteiger partial charge on any atom is 0.341 e. The number of halogens is 1. The molecule has 5 nitrogen and oxygen atoms in total. The first kappa shape index (κ1) is 24.8. The highest BCUT2D eigenvalue weighted by Gasteiger charge is 2.23. The van der Waals surface area contributed by atoms with E-state index in [0.29, 0.717) is 28.6 Å². The van der Waals surface area contributed by atoms with E-state index < -0.39 is 5.97 Å². The van der Waals surface area contributed by atoms with Crippen molar-refractivity contribution >= 4 is 39.8 Å². The van der Waals surface area contributed by atoms with Crippen molar-refractivity contribution in [2.24, 2.45) is 0 Å². The van der Waals surface area contributed by atoms with Gasteiger partial charge >= 0.3 is 5.97 Å². The molecule has 2 aromatic carbocycles.